The van der Waals surface area contributed by atoms with Crippen LogP contribution in [0.4, 0.5) is 0 Å². The van der Waals surface area contributed by atoms with Crippen LogP contribution in [0.25, 0.3) is 11.0 Å². The molecule has 0 atom stereocenters. The molecule has 0 radical (unpaired) electrons. The molecule has 2 aromatic heterocycles. The van der Waals surface area contributed by atoms with Crippen molar-refractivity contribution in [1.82, 2.24) is 5.16 Å². The summed E-state index contributed by atoms with van der Waals surface area (Å²) in [7, 11) is 0. The van der Waals surface area contributed by atoms with Gasteiger partial charge in [-0.15, -0.1) is 0 Å². The van der Waals surface area contributed by atoms with E-state index in [0.29, 0.717) is 17.0 Å². The fraction of sp³-hybridized carbons (Fsp3) is 0.143. The van der Waals surface area contributed by atoms with E-state index >= 15 is 0 Å². The number of nitriles is 1. The van der Waals surface area contributed by atoms with E-state index in [1.54, 1.807) is 12.1 Å². The molecule has 0 aliphatic rings. The molecule has 3 rings (SSSR count). The van der Waals surface area contributed by atoms with Gasteiger partial charge in [0.15, 0.2) is 5.75 Å². The summed E-state index contributed by atoms with van der Waals surface area (Å²) < 4.78 is 16.0. The van der Waals surface area contributed by atoms with Crippen molar-refractivity contribution in [3.63, 3.8) is 0 Å². The van der Waals surface area contributed by atoms with Crippen LogP contribution < -0.4 is 4.74 Å². The lowest BCUT2D eigenvalue weighted by Crippen LogP contribution is -1.96. The van der Waals surface area contributed by atoms with Crippen LogP contribution in [0.5, 0.6) is 5.75 Å². The van der Waals surface area contributed by atoms with Gasteiger partial charge in [0.05, 0.1) is 5.39 Å². The van der Waals surface area contributed by atoms with Crippen LogP contribution in [0, 0.1) is 18.3 Å². The maximum atomic E-state index is 9.06. The maximum Gasteiger partial charge on any atom is 0.246 e. The lowest BCUT2D eigenvalue weighted by atomic mass is 10.2. The molecule has 0 aliphatic heterocycles. The van der Waals surface area contributed by atoms with Gasteiger partial charge in [-0.25, -0.2) is 0 Å². The summed E-state index contributed by atoms with van der Waals surface area (Å²) in [5, 5.41) is 13.7. The van der Waals surface area contributed by atoms with Crippen LogP contribution in [0.1, 0.15) is 17.2 Å². The fourth-order valence-electron chi connectivity index (χ4n) is 1.87. The predicted molar refractivity (Wildman–Crippen MR) is 66.5 cm³/mol. The first-order valence-corrected chi connectivity index (χ1v) is 5.74. The van der Waals surface area contributed by atoms with Gasteiger partial charge in [0.25, 0.3) is 0 Å². The van der Waals surface area contributed by atoms with Crippen molar-refractivity contribution < 1.29 is 13.7 Å². The standard InChI is InChI=1S/C14H10N2O3/c1-9-6-10(16-19-9)8-17-14-11-4-2-3-5-12(11)18-13(14)7-15/h2-6H,8H2,1H3. The van der Waals surface area contributed by atoms with E-state index in [1.807, 2.05) is 31.2 Å². The summed E-state index contributed by atoms with van der Waals surface area (Å²) in [6, 6.07) is 11.1. The Morgan fingerprint density at radius 3 is 2.95 bits per heavy atom. The van der Waals surface area contributed by atoms with Crippen LogP contribution in [0.3, 0.4) is 0 Å². The molecular weight excluding hydrogens is 244 g/mol. The molecule has 94 valence electrons. The largest absolute Gasteiger partial charge is 0.482 e. The summed E-state index contributed by atoms with van der Waals surface area (Å²) >= 11 is 0. The highest BCUT2D eigenvalue weighted by Gasteiger charge is 2.15. The monoisotopic (exact) mass is 254 g/mol. The molecule has 0 unspecified atom stereocenters. The zero-order valence-corrected chi connectivity index (χ0v) is 10.2. The van der Waals surface area contributed by atoms with E-state index in [-0.39, 0.29) is 12.4 Å². The van der Waals surface area contributed by atoms with Crippen LogP contribution in [0.15, 0.2) is 39.3 Å². The Kier molecular flexibility index (Phi) is 2.69. The second kappa shape index (κ2) is 4.50. The number of ether oxygens (including phenoxy) is 1. The first-order valence-electron chi connectivity index (χ1n) is 5.74. The van der Waals surface area contributed by atoms with Gasteiger partial charge in [-0.1, -0.05) is 17.3 Å². The van der Waals surface area contributed by atoms with E-state index in [2.05, 4.69) is 5.16 Å². The van der Waals surface area contributed by atoms with E-state index in [9.17, 15) is 0 Å². The number of rotatable bonds is 3. The van der Waals surface area contributed by atoms with Gasteiger partial charge >= 0.3 is 0 Å². The summed E-state index contributed by atoms with van der Waals surface area (Å²) in [4.78, 5) is 0. The van der Waals surface area contributed by atoms with Gasteiger partial charge in [0.2, 0.25) is 5.76 Å². The fourth-order valence-corrected chi connectivity index (χ4v) is 1.87. The minimum Gasteiger partial charge on any atom is -0.482 e. The zero-order chi connectivity index (χ0) is 13.2. The number of fused-ring (bicyclic) bond motifs is 1. The molecule has 0 bridgehead atoms. The Balaban J connectivity index is 1.93. The second-order valence-corrected chi connectivity index (χ2v) is 4.09. The number of aryl methyl sites for hydroxylation is 1. The van der Waals surface area contributed by atoms with Gasteiger partial charge in [-0.3, -0.25) is 0 Å². The number of para-hydroxylation sites is 1. The van der Waals surface area contributed by atoms with Crippen molar-refractivity contribution in [1.29, 1.82) is 5.26 Å². The minimum atomic E-state index is 0.168. The number of hydrogen-bond donors (Lipinski definition) is 0. The van der Waals surface area contributed by atoms with Gasteiger partial charge in [-0.05, 0) is 19.1 Å². The van der Waals surface area contributed by atoms with Crippen molar-refractivity contribution in [3.8, 4) is 11.8 Å². The molecule has 2 heterocycles. The van der Waals surface area contributed by atoms with Crippen molar-refractivity contribution in [2.24, 2.45) is 0 Å². The van der Waals surface area contributed by atoms with Gasteiger partial charge in [0, 0.05) is 6.07 Å². The van der Waals surface area contributed by atoms with E-state index in [1.165, 1.54) is 0 Å². The topological polar surface area (TPSA) is 72.2 Å². The quantitative estimate of drug-likeness (QED) is 0.717. The number of nitrogens with zero attached hydrogens (tertiary/aromatic N) is 2. The molecule has 1 aromatic carbocycles. The normalized spacial score (nSPS) is 10.5. The molecule has 0 N–H and O–H groups in total. The molecule has 3 aromatic rings. The Morgan fingerprint density at radius 2 is 2.21 bits per heavy atom. The lowest BCUT2D eigenvalue weighted by Gasteiger charge is -2.01. The number of benzene rings is 1. The van der Waals surface area contributed by atoms with Gasteiger partial charge in [-0.2, -0.15) is 5.26 Å². The molecule has 5 nitrogen and oxygen atoms in total. The molecule has 0 saturated heterocycles. The van der Waals surface area contributed by atoms with Gasteiger partial charge < -0.3 is 13.7 Å². The molecule has 0 amide bonds. The minimum absolute atomic E-state index is 0.168. The molecule has 0 spiro atoms. The smallest absolute Gasteiger partial charge is 0.246 e. The predicted octanol–water partition coefficient (Wildman–Crippen LogP) is 3.18. The first kappa shape index (κ1) is 11.4. The van der Waals surface area contributed by atoms with E-state index < -0.39 is 0 Å². The Bertz CT molecular complexity index is 764. The van der Waals surface area contributed by atoms with Crippen LogP contribution in [-0.2, 0) is 6.61 Å². The third kappa shape index (κ3) is 2.04. The van der Waals surface area contributed by atoms with Crippen LogP contribution in [0.2, 0.25) is 0 Å². The van der Waals surface area contributed by atoms with E-state index in [0.717, 1.165) is 11.1 Å². The highest BCUT2D eigenvalue weighted by atomic mass is 16.5. The Labute approximate surface area is 109 Å². The van der Waals surface area contributed by atoms with E-state index in [4.69, 9.17) is 18.9 Å². The highest BCUT2D eigenvalue weighted by molar-refractivity contribution is 5.86. The first-order chi connectivity index (χ1) is 9.28. The van der Waals surface area contributed by atoms with Crippen molar-refractivity contribution in [3.05, 3.63) is 47.5 Å². The molecule has 0 fully saturated rings. The summed E-state index contributed by atoms with van der Waals surface area (Å²) in [5.74, 6) is 1.33. The van der Waals surface area contributed by atoms with Crippen molar-refractivity contribution in [2.45, 2.75) is 13.5 Å². The maximum absolute atomic E-state index is 9.06. The second-order valence-electron chi connectivity index (χ2n) is 4.09. The molecule has 5 heteroatoms. The average Bonchev–Trinajstić information content (AvgIpc) is 2.99. The lowest BCUT2D eigenvalue weighted by molar-refractivity contribution is 0.286. The Hall–Kier alpha value is -2.74. The van der Waals surface area contributed by atoms with Crippen molar-refractivity contribution in [2.75, 3.05) is 0 Å². The third-order valence-corrected chi connectivity index (χ3v) is 2.69. The summed E-state index contributed by atoms with van der Waals surface area (Å²) in [5.41, 5.74) is 1.30. The molecular formula is C14H10N2O3. The summed E-state index contributed by atoms with van der Waals surface area (Å²) in [6.45, 7) is 2.04. The number of furan rings is 1. The highest BCUT2D eigenvalue weighted by Crippen LogP contribution is 2.32. The summed E-state index contributed by atoms with van der Waals surface area (Å²) in [6.07, 6.45) is 0. The third-order valence-electron chi connectivity index (χ3n) is 2.69. The molecule has 0 saturated carbocycles. The average molecular weight is 254 g/mol. The number of aromatic nitrogens is 1. The van der Waals surface area contributed by atoms with Gasteiger partial charge in [0.1, 0.15) is 29.7 Å². The van der Waals surface area contributed by atoms with Crippen molar-refractivity contribution >= 4 is 11.0 Å². The SMILES string of the molecule is Cc1cc(COc2c(C#N)oc3ccccc23)no1. The zero-order valence-electron chi connectivity index (χ0n) is 10.2. The Morgan fingerprint density at radius 1 is 1.37 bits per heavy atom. The van der Waals surface area contributed by atoms with Crippen LogP contribution >= 0.6 is 0 Å². The molecule has 0 aliphatic carbocycles. The molecule has 19 heavy (non-hydrogen) atoms. The van der Waals surface area contributed by atoms with Crippen LogP contribution in [-0.4, -0.2) is 5.16 Å². The number of hydrogen-bond acceptors (Lipinski definition) is 5.